The van der Waals surface area contributed by atoms with Gasteiger partial charge in [-0.25, -0.2) is 0 Å². The fraction of sp³-hybridized carbons (Fsp3) is 0.800. The SMILES string of the molecule is CN(Cc1nnc2n1CCC2)C1CC1. The Morgan fingerprint density at radius 2 is 2.29 bits per heavy atom. The van der Waals surface area contributed by atoms with Gasteiger partial charge in [0.2, 0.25) is 0 Å². The van der Waals surface area contributed by atoms with Gasteiger partial charge in [-0.15, -0.1) is 10.2 Å². The average Bonchev–Trinajstić information content (AvgIpc) is 2.81. The monoisotopic (exact) mass is 192 g/mol. The van der Waals surface area contributed by atoms with Crippen molar-refractivity contribution in [3.8, 4) is 0 Å². The van der Waals surface area contributed by atoms with E-state index in [4.69, 9.17) is 0 Å². The second-order valence-electron chi connectivity index (χ2n) is 4.43. The summed E-state index contributed by atoms with van der Waals surface area (Å²) in [5.41, 5.74) is 0. The highest BCUT2D eigenvalue weighted by atomic mass is 15.3. The van der Waals surface area contributed by atoms with E-state index in [1.165, 1.54) is 25.1 Å². The summed E-state index contributed by atoms with van der Waals surface area (Å²) in [5.74, 6) is 2.34. The van der Waals surface area contributed by atoms with Crippen LogP contribution in [-0.4, -0.2) is 32.8 Å². The largest absolute Gasteiger partial charge is 0.314 e. The zero-order chi connectivity index (χ0) is 9.54. The molecule has 1 fully saturated rings. The standard InChI is InChI=1S/C10H16N4/c1-13(8-4-5-8)7-10-12-11-9-3-2-6-14(9)10/h8H,2-7H2,1H3. The number of aromatic nitrogens is 3. The van der Waals surface area contributed by atoms with E-state index in [9.17, 15) is 0 Å². The molecule has 0 spiro atoms. The number of hydrogen-bond acceptors (Lipinski definition) is 3. The van der Waals surface area contributed by atoms with Crippen molar-refractivity contribution >= 4 is 0 Å². The second kappa shape index (κ2) is 3.05. The summed E-state index contributed by atoms with van der Waals surface area (Å²) in [4.78, 5) is 2.40. The Labute approximate surface area is 83.9 Å². The molecule has 1 aromatic rings. The number of nitrogens with zero attached hydrogens (tertiary/aromatic N) is 4. The molecule has 2 heterocycles. The highest BCUT2D eigenvalue weighted by Gasteiger charge is 2.28. The van der Waals surface area contributed by atoms with E-state index in [-0.39, 0.29) is 0 Å². The Balaban J connectivity index is 1.76. The van der Waals surface area contributed by atoms with Crippen molar-refractivity contribution < 1.29 is 0 Å². The van der Waals surface area contributed by atoms with Gasteiger partial charge in [0, 0.05) is 19.0 Å². The fourth-order valence-electron chi connectivity index (χ4n) is 2.20. The third-order valence-corrected chi connectivity index (χ3v) is 3.25. The molecule has 1 saturated carbocycles. The van der Waals surface area contributed by atoms with Gasteiger partial charge in [0.1, 0.15) is 11.6 Å². The molecule has 14 heavy (non-hydrogen) atoms. The number of hydrogen-bond donors (Lipinski definition) is 0. The van der Waals surface area contributed by atoms with Gasteiger partial charge in [-0.3, -0.25) is 4.90 Å². The smallest absolute Gasteiger partial charge is 0.147 e. The van der Waals surface area contributed by atoms with Gasteiger partial charge in [0.15, 0.2) is 0 Å². The summed E-state index contributed by atoms with van der Waals surface area (Å²) in [6.07, 6.45) is 5.07. The van der Waals surface area contributed by atoms with E-state index in [0.717, 1.165) is 31.4 Å². The van der Waals surface area contributed by atoms with Gasteiger partial charge in [0.25, 0.3) is 0 Å². The molecular weight excluding hydrogens is 176 g/mol. The van der Waals surface area contributed by atoms with Crippen molar-refractivity contribution in [3.63, 3.8) is 0 Å². The summed E-state index contributed by atoms with van der Waals surface area (Å²) >= 11 is 0. The minimum Gasteiger partial charge on any atom is -0.314 e. The molecule has 3 rings (SSSR count). The average molecular weight is 192 g/mol. The first-order chi connectivity index (χ1) is 6.84. The molecule has 0 bridgehead atoms. The summed E-state index contributed by atoms with van der Waals surface area (Å²) in [6.45, 7) is 2.09. The van der Waals surface area contributed by atoms with E-state index in [2.05, 4.69) is 26.7 Å². The van der Waals surface area contributed by atoms with Crippen molar-refractivity contribution in [2.45, 2.75) is 44.8 Å². The van der Waals surface area contributed by atoms with E-state index in [1.807, 2.05) is 0 Å². The van der Waals surface area contributed by atoms with Crippen LogP contribution in [0, 0.1) is 0 Å². The molecule has 0 N–H and O–H groups in total. The number of aryl methyl sites for hydroxylation is 1. The Morgan fingerprint density at radius 3 is 3.07 bits per heavy atom. The molecule has 0 unspecified atom stereocenters. The van der Waals surface area contributed by atoms with Crippen LogP contribution in [-0.2, 0) is 19.5 Å². The lowest BCUT2D eigenvalue weighted by Crippen LogP contribution is -2.22. The maximum absolute atomic E-state index is 4.26. The fourth-order valence-corrected chi connectivity index (χ4v) is 2.20. The quantitative estimate of drug-likeness (QED) is 0.711. The van der Waals surface area contributed by atoms with Gasteiger partial charge < -0.3 is 4.57 Å². The maximum Gasteiger partial charge on any atom is 0.147 e. The normalized spacial score (nSPS) is 20.4. The van der Waals surface area contributed by atoms with Crippen molar-refractivity contribution in [3.05, 3.63) is 11.6 Å². The molecule has 0 atom stereocenters. The molecule has 76 valence electrons. The first-order valence-corrected chi connectivity index (χ1v) is 5.46. The summed E-state index contributed by atoms with van der Waals surface area (Å²) < 4.78 is 2.29. The summed E-state index contributed by atoms with van der Waals surface area (Å²) in [5, 5.41) is 8.48. The van der Waals surface area contributed by atoms with E-state index < -0.39 is 0 Å². The molecule has 0 aromatic carbocycles. The van der Waals surface area contributed by atoms with Crippen molar-refractivity contribution in [2.75, 3.05) is 7.05 Å². The lowest BCUT2D eigenvalue weighted by atomic mass is 10.4. The number of fused-ring (bicyclic) bond motifs is 1. The van der Waals surface area contributed by atoms with Crippen molar-refractivity contribution in [1.29, 1.82) is 0 Å². The van der Waals surface area contributed by atoms with Crippen LogP contribution in [0.1, 0.15) is 30.9 Å². The predicted molar refractivity (Wildman–Crippen MR) is 52.8 cm³/mol. The maximum atomic E-state index is 4.26. The molecule has 0 radical (unpaired) electrons. The third-order valence-electron chi connectivity index (χ3n) is 3.25. The lowest BCUT2D eigenvalue weighted by molar-refractivity contribution is 0.302. The van der Waals surface area contributed by atoms with Crippen LogP contribution in [0.2, 0.25) is 0 Å². The number of rotatable bonds is 3. The van der Waals surface area contributed by atoms with Crippen molar-refractivity contribution in [2.24, 2.45) is 0 Å². The Kier molecular flexibility index (Phi) is 1.83. The Morgan fingerprint density at radius 1 is 1.43 bits per heavy atom. The molecule has 4 nitrogen and oxygen atoms in total. The van der Waals surface area contributed by atoms with Crippen LogP contribution in [0.4, 0.5) is 0 Å². The predicted octanol–water partition coefficient (Wildman–Crippen LogP) is 0.818. The zero-order valence-electron chi connectivity index (χ0n) is 8.61. The first kappa shape index (κ1) is 8.41. The Hall–Kier alpha value is -0.900. The Bertz CT molecular complexity index is 340. The molecule has 1 aromatic heterocycles. The topological polar surface area (TPSA) is 34.0 Å². The molecule has 0 saturated heterocycles. The zero-order valence-corrected chi connectivity index (χ0v) is 8.61. The lowest BCUT2D eigenvalue weighted by Gasteiger charge is -2.14. The summed E-state index contributed by atoms with van der Waals surface area (Å²) in [6, 6.07) is 0.810. The van der Waals surface area contributed by atoms with Gasteiger partial charge >= 0.3 is 0 Å². The molecular formula is C10H16N4. The van der Waals surface area contributed by atoms with Crippen LogP contribution in [0.25, 0.3) is 0 Å². The minimum atomic E-state index is 0.810. The minimum absolute atomic E-state index is 0.810. The summed E-state index contributed by atoms with van der Waals surface area (Å²) in [7, 11) is 2.19. The van der Waals surface area contributed by atoms with Gasteiger partial charge in [0.05, 0.1) is 6.54 Å². The third kappa shape index (κ3) is 1.34. The van der Waals surface area contributed by atoms with Crippen LogP contribution in [0.15, 0.2) is 0 Å². The molecule has 4 heteroatoms. The van der Waals surface area contributed by atoms with Gasteiger partial charge in [-0.2, -0.15) is 0 Å². The highest BCUT2D eigenvalue weighted by molar-refractivity contribution is 5.01. The van der Waals surface area contributed by atoms with E-state index in [0.29, 0.717) is 0 Å². The molecule has 1 aliphatic carbocycles. The molecule has 0 amide bonds. The van der Waals surface area contributed by atoms with Crippen LogP contribution >= 0.6 is 0 Å². The first-order valence-electron chi connectivity index (χ1n) is 5.46. The van der Waals surface area contributed by atoms with E-state index in [1.54, 1.807) is 0 Å². The van der Waals surface area contributed by atoms with Gasteiger partial charge in [-0.05, 0) is 26.3 Å². The second-order valence-corrected chi connectivity index (χ2v) is 4.43. The van der Waals surface area contributed by atoms with Gasteiger partial charge in [-0.1, -0.05) is 0 Å². The van der Waals surface area contributed by atoms with Crippen molar-refractivity contribution in [1.82, 2.24) is 19.7 Å². The van der Waals surface area contributed by atoms with E-state index >= 15 is 0 Å². The highest BCUT2D eigenvalue weighted by Crippen LogP contribution is 2.26. The van der Waals surface area contributed by atoms with Crippen LogP contribution in [0.5, 0.6) is 0 Å². The van der Waals surface area contributed by atoms with Crippen LogP contribution in [0.3, 0.4) is 0 Å². The molecule has 1 aliphatic heterocycles. The van der Waals surface area contributed by atoms with Crippen LogP contribution < -0.4 is 0 Å². The molecule has 2 aliphatic rings.